The van der Waals surface area contributed by atoms with Crippen molar-refractivity contribution in [1.82, 2.24) is 24.2 Å². The Morgan fingerprint density at radius 2 is 2.12 bits per heavy atom. The molecule has 2 aromatic heterocycles. The van der Waals surface area contributed by atoms with Gasteiger partial charge in [0.05, 0.1) is 32.0 Å². The van der Waals surface area contributed by atoms with E-state index >= 15 is 0 Å². The molecule has 2 aromatic rings. The molecule has 1 fully saturated rings. The fraction of sp³-hybridized carbons (Fsp3) is 0.684. The van der Waals surface area contributed by atoms with Gasteiger partial charge in [0.15, 0.2) is 17.4 Å². The molecule has 3 heterocycles. The number of fused-ring (bicyclic) bond motifs is 1. The molecule has 13 nitrogen and oxygen atoms in total. The number of aromatic amines is 1. The van der Waals surface area contributed by atoms with E-state index in [1.807, 2.05) is 38.4 Å². The molecule has 3 rings (SSSR count). The summed E-state index contributed by atoms with van der Waals surface area (Å²) in [6.07, 6.45) is -2.61. The average Bonchev–Trinajstić information content (AvgIpc) is 3.28. The smallest absolute Gasteiger partial charge is 0.280 e. The van der Waals surface area contributed by atoms with E-state index in [0.717, 1.165) is 0 Å². The number of rotatable bonds is 10. The Morgan fingerprint density at radius 1 is 1.42 bits per heavy atom. The van der Waals surface area contributed by atoms with Crippen LogP contribution in [-0.2, 0) is 13.8 Å². The van der Waals surface area contributed by atoms with E-state index in [2.05, 4.69) is 15.0 Å². The highest BCUT2D eigenvalue weighted by atomic mass is 31.2. The van der Waals surface area contributed by atoms with Crippen LogP contribution in [-0.4, -0.2) is 78.0 Å². The fourth-order valence-electron chi connectivity index (χ4n) is 3.75. The molecule has 0 spiro atoms. The number of nitriles is 1. The number of ether oxygens (including phenoxy) is 1. The molecule has 5 N–H and O–H groups in total. The first-order chi connectivity index (χ1) is 15.7. The van der Waals surface area contributed by atoms with Crippen molar-refractivity contribution >= 4 is 25.6 Å². The Morgan fingerprint density at radius 3 is 2.73 bits per heavy atom. The summed E-state index contributed by atoms with van der Waals surface area (Å²) in [5.74, 6) is -0.104. The lowest BCUT2D eigenvalue weighted by Gasteiger charge is -2.37. The predicted molar refractivity (Wildman–Crippen MR) is 120 cm³/mol. The molecule has 14 heteroatoms. The van der Waals surface area contributed by atoms with Crippen LogP contribution in [0, 0.1) is 11.3 Å². The third kappa shape index (κ3) is 5.33. The minimum atomic E-state index is -1.69. The number of nitrogens with one attached hydrogen (secondary N) is 1. The van der Waals surface area contributed by atoms with E-state index in [4.69, 9.17) is 24.8 Å². The molecule has 33 heavy (non-hydrogen) atoms. The molecule has 1 aliphatic rings. The van der Waals surface area contributed by atoms with E-state index in [1.54, 1.807) is 0 Å². The number of nitrogens with two attached hydrogens (primary N) is 1. The summed E-state index contributed by atoms with van der Waals surface area (Å²) in [7, 11) is -1.69. The number of aliphatic hydroxyl groups is 2. The van der Waals surface area contributed by atoms with E-state index in [0.29, 0.717) is 0 Å². The van der Waals surface area contributed by atoms with Crippen molar-refractivity contribution in [2.45, 2.75) is 70.7 Å². The molecule has 0 bridgehead atoms. The van der Waals surface area contributed by atoms with E-state index in [-0.39, 0.29) is 42.2 Å². The molecule has 182 valence electrons. The molecule has 1 saturated heterocycles. The first kappa shape index (κ1) is 25.5. The highest BCUT2D eigenvalue weighted by Gasteiger charge is 2.48. The molecule has 0 amide bonds. The van der Waals surface area contributed by atoms with E-state index in [1.165, 1.54) is 10.9 Å². The molecule has 0 aromatic carbocycles. The van der Waals surface area contributed by atoms with Gasteiger partial charge in [-0.1, -0.05) is 0 Å². The number of anilines is 1. The first-order valence-electron chi connectivity index (χ1n) is 10.6. The van der Waals surface area contributed by atoms with Crippen LogP contribution in [0.1, 0.15) is 40.3 Å². The third-order valence-electron chi connectivity index (χ3n) is 5.09. The number of aliphatic hydroxyl groups excluding tert-OH is 2. The predicted octanol–water partition coefficient (Wildman–Crippen LogP) is 0.614. The second-order valence-corrected chi connectivity index (χ2v) is 9.54. The molecular weight excluding hydrogens is 453 g/mol. The zero-order chi connectivity index (χ0) is 24.3. The number of H-pyrrole nitrogens is 1. The van der Waals surface area contributed by atoms with Crippen LogP contribution in [0.5, 0.6) is 0 Å². The molecular formula is C19H30N7O6P. The maximum atomic E-state index is 12.1. The van der Waals surface area contributed by atoms with Gasteiger partial charge in [0, 0.05) is 12.1 Å². The lowest BCUT2D eigenvalue weighted by molar-refractivity contribution is -0.0506. The van der Waals surface area contributed by atoms with Crippen LogP contribution < -0.4 is 11.3 Å². The Balaban J connectivity index is 1.90. The number of hydrogen-bond donors (Lipinski definition) is 4. The Kier molecular flexibility index (Phi) is 8.36. The topological polar surface area (TPSA) is 185 Å². The van der Waals surface area contributed by atoms with Crippen molar-refractivity contribution in [3.05, 3.63) is 16.7 Å². The van der Waals surface area contributed by atoms with Crippen molar-refractivity contribution in [3.8, 4) is 6.07 Å². The zero-order valence-corrected chi connectivity index (χ0v) is 19.8. The quantitative estimate of drug-likeness (QED) is 0.274. The highest BCUT2D eigenvalue weighted by Crippen LogP contribution is 2.50. The summed E-state index contributed by atoms with van der Waals surface area (Å²) in [5, 5.41) is 30.0. The second kappa shape index (κ2) is 10.8. The number of hydrogen-bond acceptors (Lipinski definition) is 11. The van der Waals surface area contributed by atoms with Crippen LogP contribution in [0.4, 0.5) is 5.95 Å². The van der Waals surface area contributed by atoms with Crippen LogP contribution in [0.2, 0.25) is 0 Å². The summed E-state index contributed by atoms with van der Waals surface area (Å²) < 4.78 is 21.4. The minimum Gasteiger partial charge on any atom is -0.394 e. The van der Waals surface area contributed by atoms with Crippen LogP contribution in [0.3, 0.4) is 0 Å². The third-order valence-corrected chi connectivity index (χ3v) is 7.22. The van der Waals surface area contributed by atoms with Crippen molar-refractivity contribution in [2.75, 3.05) is 18.9 Å². The van der Waals surface area contributed by atoms with Crippen molar-refractivity contribution in [2.24, 2.45) is 0 Å². The number of nitrogens with zero attached hydrogens (tertiary/aromatic N) is 5. The van der Waals surface area contributed by atoms with Gasteiger partial charge in [0.1, 0.15) is 18.3 Å². The van der Waals surface area contributed by atoms with E-state index in [9.17, 15) is 15.0 Å². The first-order valence-corrected chi connectivity index (χ1v) is 11.7. The van der Waals surface area contributed by atoms with Crippen molar-refractivity contribution in [3.63, 3.8) is 0 Å². The van der Waals surface area contributed by atoms with Crippen LogP contribution in [0.15, 0.2) is 11.1 Å². The van der Waals surface area contributed by atoms with Gasteiger partial charge in [-0.2, -0.15) is 10.2 Å². The summed E-state index contributed by atoms with van der Waals surface area (Å²) in [6, 6.07) is 2.14. The molecule has 0 aliphatic carbocycles. The number of nitrogen functional groups attached to an aromatic ring is 1. The highest BCUT2D eigenvalue weighted by molar-refractivity contribution is 7.44. The number of imidazole rings is 1. The normalized spacial score (nSPS) is 24.2. The fourth-order valence-corrected chi connectivity index (χ4v) is 5.53. The van der Waals surface area contributed by atoms with Gasteiger partial charge in [-0.25, -0.2) is 9.65 Å². The van der Waals surface area contributed by atoms with Crippen molar-refractivity contribution in [1.29, 1.82) is 5.26 Å². The average molecular weight is 483 g/mol. The largest absolute Gasteiger partial charge is 0.394 e. The molecule has 1 unspecified atom stereocenters. The lowest BCUT2D eigenvalue weighted by Crippen LogP contribution is -2.39. The second-order valence-electron chi connectivity index (χ2n) is 8.13. The maximum Gasteiger partial charge on any atom is 0.280 e. The summed E-state index contributed by atoms with van der Waals surface area (Å²) in [6.45, 7) is 7.70. The van der Waals surface area contributed by atoms with Crippen LogP contribution >= 0.6 is 8.53 Å². The van der Waals surface area contributed by atoms with Gasteiger partial charge in [-0.3, -0.25) is 14.3 Å². The molecule has 0 saturated carbocycles. The van der Waals surface area contributed by atoms with Gasteiger partial charge in [-0.05, 0) is 27.7 Å². The van der Waals surface area contributed by atoms with Gasteiger partial charge < -0.3 is 29.7 Å². The van der Waals surface area contributed by atoms with E-state index < -0.39 is 45.2 Å². The number of aromatic nitrogens is 4. The summed E-state index contributed by atoms with van der Waals surface area (Å²) in [5.41, 5.74) is 5.32. The van der Waals surface area contributed by atoms with Gasteiger partial charge in [-0.15, -0.1) is 0 Å². The Hall–Kier alpha value is -2.17. The SMILES string of the molecule is CC(C)N(C(C)C)P(OCCC#N)O[C@H]1[C@@H](O)[C@H](n2cnc3c(=O)[nH]c(N)nc32)O[C@@H]1CO. The molecule has 0 radical (unpaired) electrons. The van der Waals surface area contributed by atoms with Gasteiger partial charge in [0.25, 0.3) is 14.1 Å². The van der Waals surface area contributed by atoms with Gasteiger partial charge >= 0.3 is 0 Å². The zero-order valence-electron chi connectivity index (χ0n) is 19.0. The molecule has 1 aliphatic heterocycles. The van der Waals surface area contributed by atoms with Crippen LogP contribution in [0.25, 0.3) is 11.2 Å². The standard InChI is InChI=1S/C19H30N7O6P/c1-10(2)26(11(3)4)33(30-7-5-6-20)32-15-12(8-27)31-18(14(15)28)25-9-22-13-16(25)23-19(21)24-17(13)29/h9-12,14-15,18,27-28H,5,7-8H2,1-4H3,(H3,21,23,24,29)/t12-,14-,15-,18-,33?/m1/s1. The lowest BCUT2D eigenvalue weighted by atomic mass is 10.1. The minimum absolute atomic E-state index is 0.0396. The van der Waals surface area contributed by atoms with Crippen molar-refractivity contribution < 1.29 is 24.0 Å². The molecule has 5 atom stereocenters. The Bertz CT molecular complexity index is 1030. The summed E-state index contributed by atoms with van der Waals surface area (Å²) in [4.78, 5) is 22.6. The maximum absolute atomic E-state index is 12.1. The van der Waals surface area contributed by atoms with Gasteiger partial charge in [0.2, 0.25) is 5.95 Å². The monoisotopic (exact) mass is 483 g/mol. The Labute approximate surface area is 192 Å². The summed E-state index contributed by atoms with van der Waals surface area (Å²) >= 11 is 0.